The molecule has 0 fully saturated rings. The van der Waals surface area contributed by atoms with E-state index in [0.717, 1.165) is 11.1 Å². The van der Waals surface area contributed by atoms with Crippen LogP contribution in [0, 0.1) is 13.8 Å². The maximum Gasteiger partial charge on any atom is 0.350 e. The van der Waals surface area contributed by atoms with Gasteiger partial charge in [-0.3, -0.25) is 9.59 Å². The van der Waals surface area contributed by atoms with Crippen molar-refractivity contribution in [3.05, 3.63) is 31.6 Å². The van der Waals surface area contributed by atoms with Gasteiger partial charge < -0.3 is 20.1 Å². The Balaban J connectivity index is 2.15. The molecule has 0 bridgehead atoms. The standard InChI is InChI=1S/C24H33N2O6PS2/c1-7-31-23(29)21-19(15(5)13-34-21)25-17(27)11-33(9-3,10-4)12-18(28)26-20-16(6)14-35-22(20)24(30)32-8-2/h13-14H,7-12H2,1-6H3,(H-,25,26,27,28,29,30)/p+1. The van der Waals surface area contributed by atoms with Crippen molar-refractivity contribution < 1.29 is 28.7 Å². The molecule has 0 atom stereocenters. The molecule has 2 N–H and O–H groups in total. The zero-order chi connectivity index (χ0) is 26.2. The van der Waals surface area contributed by atoms with E-state index in [4.69, 9.17) is 9.47 Å². The number of ether oxygens (including phenoxy) is 2. The molecule has 2 aromatic rings. The van der Waals surface area contributed by atoms with Crippen molar-refractivity contribution in [3.8, 4) is 0 Å². The molecule has 8 nitrogen and oxygen atoms in total. The molecule has 192 valence electrons. The molecule has 2 aromatic heterocycles. The first-order valence-electron chi connectivity index (χ1n) is 11.6. The molecule has 0 spiro atoms. The van der Waals surface area contributed by atoms with E-state index in [1.54, 1.807) is 13.8 Å². The lowest BCUT2D eigenvalue weighted by atomic mass is 10.2. The van der Waals surface area contributed by atoms with Gasteiger partial charge in [0.05, 0.1) is 36.9 Å². The predicted octanol–water partition coefficient (Wildman–Crippen LogP) is 5.41. The van der Waals surface area contributed by atoms with Crippen LogP contribution >= 0.6 is 29.9 Å². The second kappa shape index (κ2) is 13.1. The Morgan fingerprint density at radius 1 is 0.743 bits per heavy atom. The van der Waals surface area contributed by atoms with E-state index in [0.29, 0.717) is 33.5 Å². The van der Waals surface area contributed by atoms with Crippen LogP contribution in [0.25, 0.3) is 0 Å². The lowest BCUT2D eigenvalue weighted by molar-refractivity contribution is -0.114. The Kier molecular flexibility index (Phi) is 10.9. The van der Waals surface area contributed by atoms with Gasteiger partial charge >= 0.3 is 11.9 Å². The van der Waals surface area contributed by atoms with Crippen LogP contribution in [0.4, 0.5) is 11.4 Å². The predicted molar refractivity (Wildman–Crippen MR) is 145 cm³/mol. The van der Waals surface area contributed by atoms with Crippen molar-refractivity contribution in [3.63, 3.8) is 0 Å². The van der Waals surface area contributed by atoms with Gasteiger partial charge in [0.1, 0.15) is 22.1 Å². The highest BCUT2D eigenvalue weighted by Gasteiger charge is 2.39. The van der Waals surface area contributed by atoms with Gasteiger partial charge in [-0.25, -0.2) is 9.59 Å². The number of aryl methyl sites for hydroxylation is 2. The van der Waals surface area contributed by atoms with Gasteiger partial charge in [0.2, 0.25) is 0 Å². The van der Waals surface area contributed by atoms with E-state index in [1.807, 2.05) is 38.5 Å². The minimum Gasteiger partial charge on any atom is -0.462 e. The number of hydrogen-bond acceptors (Lipinski definition) is 8. The molecule has 0 aliphatic heterocycles. The summed E-state index contributed by atoms with van der Waals surface area (Å²) in [5, 5.41) is 9.40. The third-order valence-electron chi connectivity index (χ3n) is 5.70. The first-order valence-corrected chi connectivity index (χ1v) is 15.8. The topological polar surface area (TPSA) is 111 Å². The molecular formula is C24H34N2O6PS2+. The number of thiophene rings is 2. The fraction of sp³-hybridized carbons (Fsp3) is 0.500. The number of carbonyl (C=O) groups excluding carboxylic acids is 4. The molecule has 0 aromatic carbocycles. The Bertz CT molecular complexity index is 994. The summed E-state index contributed by atoms with van der Waals surface area (Å²) < 4.78 is 10.2. The highest BCUT2D eigenvalue weighted by Crippen LogP contribution is 2.58. The van der Waals surface area contributed by atoms with Crippen molar-refractivity contribution in [2.45, 2.75) is 41.5 Å². The Labute approximate surface area is 215 Å². The number of carbonyl (C=O) groups is 4. The fourth-order valence-corrected chi connectivity index (χ4v) is 8.21. The van der Waals surface area contributed by atoms with E-state index >= 15 is 0 Å². The number of rotatable bonds is 12. The van der Waals surface area contributed by atoms with E-state index in [2.05, 4.69) is 10.6 Å². The van der Waals surface area contributed by atoms with Crippen LogP contribution in [0.15, 0.2) is 10.8 Å². The van der Waals surface area contributed by atoms with Crippen LogP contribution in [0.2, 0.25) is 0 Å². The Morgan fingerprint density at radius 3 is 1.43 bits per heavy atom. The third kappa shape index (κ3) is 7.35. The number of hydrogen-bond donors (Lipinski definition) is 2. The summed E-state index contributed by atoms with van der Waals surface area (Å²) >= 11 is 2.47. The summed E-state index contributed by atoms with van der Waals surface area (Å²) in [5.74, 6) is -1.37. The second-order valence-electron chi connectivity index (χ2n) is 8.07. The fourth-order valence-electron chi connectivity index (χ4n) is 3.59. The lowest BCUT2D eigenvalue weighted by Gasteiger charge is -2.24. The number of nitrogens with one attached hydrogen (secondary N) is 2. The monoisotopic (exact) mass is 541 g/mol. The van der Waals surface area contributed by atoms with Crippen LogP contribution in [0.5, 0.6) is 0 Å². The quantitative estimate of drug-likeness (QED) is 0.274. The summed E-state index contributed by atoms with van der Waals surface area (Å²) in [6.07, 6.45) is 1.87. The second-order valence-corrected chi connectivity index (χ2v) is 14.4. The summed E-state index contributed by atoms with van der Waals surface area (Å²) in [6.45, 7) is 11.6. The maximum absolute atomic E-state index is 13.1. The zero-order valence-corrected chi connectivity index (χ0v) is 23.6. The average Bonchev–Trinajstić information content (AvgIpc) is 3.36. The number of amides is 2. The molecule has 0 unspecified atom stereocenters. The summed E-state index contributed by atoms with van der Waals surface area (Å²) in [5.41, 5.74) is 2.53. The maximum atomic E-state index is 13.1. The molecule has 0 saturated heterocycles. The van der Waals surface area contributed by atoms with Crippen LogP contribution < -0.4 is 10.6 Å². The van der Waals surface area contributed by atoms with E-state index in [9.17, 15) is 19.2 Å². The van der Waals surface area contributed by atoms with Gasteiger partial charge in [-0.05, 0) is 63.4 Å². The van der Waals surface area contributed by atoms with Crippen molar-refractivity contribution in [1.29, 1.82) is 0 Å². The Hall–Kier alpha value is -2.29. The van der Waals surface area contributed by atoms with Crippen LogP contribution in [-0.2, 0) is 19.1 Å². The van der Waals surface area contributed by atoms with Crippen molar-refractivity contribution in [2.75, 3.05) is 48.5 Å². The van der Waals surface area contributed by atoms with Gasteiger partial charge in [-0.15, -0.1) is 22.7 Å². The minimum absolute atomic E-state index is 0.221. The lowest BCUT2D eigenvalue weighted by Crippen LogP contribution is -2.28. The highest BCUT2D eigenvalue weighted by atomic mass is 32.1. The van der Waals surface area contributed by atoms with E-state index < -0.39 is 19.2 Å². The van der Waals surface area contributed by atoms with Crippen LogP contribution in [-0.4, -0.2) is 61.6 Å². The van der Waals surface area contributed by atoms with Gasteiger partial charge in [0.25, 0.3) is 11.8 Å². The van der Waals surface area contributed by atoms with Crippen molar-refractivity contribution in [2.24, 2.45) is 0 Å². The molecule has 0 aliphatic carbocycles. The largest absolute Gasteiger partial charge is 0.462 e. The molecule has 35 heavy (non-hydrogen) atoms. The molecule has 2 rings (SSSR count). The first kappa shape index (κ1) is 28.9. The highest BCUT2D eigenvalue weighted by molar-refractivity contribution is 7.77. The normalized spacial score (nSPS) is 11.1. The first-order chi connectivity index (χ1) is 16.6. The van der Waals surface area contributed by atoms with E-state index in [-0.39, 0.29) is 37.4 Å². The summed E-state index contributed by atoms with van der Waals surface area (Å²) in [7, 11) is -1.99. The zero-order valence-electron chi connectivity index (χ0n) is 21.1. The van der Waals surface area contributed by atoms with Crippen molar-refractivity contribution >= 4 is 65.1 Å². The van der Waals surface area contributed by atoms with Gasteiger partial charge in [-0.2, -0.15) is 0 Å². The molecule has 2 amide bonds. The number of anilines is 2. The van der Waals surface area contributed by atoms with Gasteiger partial charge in [-0.1, -0.05) is 0 Å². The molecular weight excluding hydrogens is 507 g/mol. The van der Waals surface area contributed by atoms with Gasteiger partial charge in [0.15, 0.2) is 0 Å². The van der Waals surface area contributed by atoms with Crippen LogP contribution in [0.1, 0.15) is 58.2 Å². The number of esters is 2. The minimum atomic E-state index is -1.99. The molecule has 0 aliphatic rings. The molecule has 2 heterocycles. The average molecular weight is 542 g/mol. The smallest absolute Gasteiger partial charge is 0.350 e. The molecule has 0 radical (unpaired) electrons. The third-order valence-corrected chi connectivity index (χ3v) is 12.5. The van der Waals surface area contributed by atoms with Gasteiger partial charge in [0, 0.05) is 7.26 Å². The Morgan fingerprint density at radius 2 is 1.11 bits per heavy atom. The SMILES string of the molecule is CCOC(=O)c1scc(C)c1NC(=O)C[P+](CC)(CC)CC(=O)Nc1c(C)csc1C(=O)OCC. The summed E-state index contributed by atoms with van der Waals surface area (Å²) in [4.78, 5) is 51.4. The van der Waals surface area contributed by atoms with E-state index in [1.165, 1.54) is 22.7 Å². The van der Waals surface area contributed by atoms with Crippen molar-refractivity contribution in [1.82, 2.24) is 0 Å². The molecule has 11 heteroatoms. The van der Waals surface area contributed by atoms with Crippen LogP contribution in [0.3, 0.4) is 0 Å². The molecule has 0 saturated carbocycles. The summed E-state index contributed by atoms with van der Waals surface area (Å²) in [6, 6.07) is 0.